The number of nitrogens with one attached hydrogen (secondary N) is 1. The predicted octanol–water partition coefficient (Wildman–Crippen LogP) is 4.29. The Balaban J connectivity index is 1.51. The Morgan fingerprint density at radius 1 is 1.07 bits per heavy atom. The summed E-state index contributed by atoms with van der Waals surface area (Å²) in [5.41, 5.74) is 5.07. The van der Waals surface area contributed by atoms with E-state index in [2.05, 4.69) is 39.5 Å². The number of amides is 1. The quantitative estimate of drug-likeness (QED) is 0.762. The van der Waals surface area contributed by atoms with Crippen LogP contribution in [0.25, 0.3) is 0 Å². The fraction of sp³-hybridized carbons (Fsp3) is 0.136. The lowest BCUT2D eigenvalue weighted by Crippen LogP contribution is -2.24. The summed E-state index contributed by atoms with van der Waals surface area (Å²) in [5, 5.41) is 11.6. The molecule has 1 N–H and O–H groups in total. The lowest BCUT2D eigenvalue weighted by molar-refractivity contribution is 0.102. The first-order valence-electron chi connectivity index (χ1n) is 8.87. The standard InChI is InChI=1S/C22H18N4O/c23-14-16-7-9-18(10-8-16)25-22(27)20-12-11-19(15-24-20)26-13-3-5-17-4-1-2-6-21(17)26/h1-2,4,6-12,15H,3,5,13H2,(H,25,27). The van der Waals surface area contributed by atoms with E-state index < -0.39 is 0 Å². The van der Waals surface area contributed by atoms with E-state index in [-0.39, 0.29) is 5.91 Å². The Labute approximate surface area is 157 Å². The van der Waals surface area contributed by atoms with Crippen LogP contribution in [0.1, 0.15) is 28.0 Å². The highest BCUT2D eigenvalue weighted by Gasteiger charge is 2.18. The molecule has 1 aromatic heterocycles. The maximum absolute atomic E-state index is 12.4. The average Bonchev–Trinajstić information content (AvgIpc) is 2.74. The Kier molecular flexibility index (Phi) is 4.54. The summed E-state index contributed by atoms with van der Waals surface area (Å²) in [4.78, 5) is 19.0. The van der Waals surface area contributed by atoms with Gasteiger partial charge in [0.2, 0.25) is 0 Å². The first-order chi connectivity index (χ1) is 13.2. The van der Waals surface area contributed by atoms with Crippen LogP contribution in [-0.2, 0) is 6.42 Å². The summed E-state index contributed by atoms with van der Waals surface area (Å²) in [7, 11) is 0. The monoisotopic (exact) mass is 354 g/mol. The topological polar surface area (TPSA) is 69.0 Å². The van der Waals surface area contributed by atoms with Gasteiger partial charge in [-0.25, -0.2) is 4.98 Å². The number of hydrogen-bond donors (Lipinski definition) is 1. The number of carbonyl (C=O) groups is 1. The predicted molar refractivity (Wildman–Crippen MR) is 105 cm³/mol. The molecule has 0 unspecified atom stereocenters. The van der Waals surface area contributed by atoms with E-state index in [1.807, 2.05) is 12.1 Å². The highest BCUT2D eigenvalue weighted by Crippen LogP contribution is 2.32. The van der Waals surface area contributed by atoms with E-state index in [0.717, 1.165) is 25.1 Å². The van der Waals surface area contributed by atoms with Crippen molar-refractivity contribution in [2.75, 3.05) is 16.8 Å². The van der Waals surface area contributed by atoms with Gasteiger partial charge < -0.3 is 10.2 Å². The van der Waals surface area contributed by atoms with Crippen molar-refractivity contribution in [3.05, 3.63) is 83.7 Å². The van der Waals surface area contributed by atoms with Gasteiger partial charge in [-0.1, -0.05) is 18.2 Å². The second-order valence-corrected chi connectivity index (χ2v) is 6.43. The first-order valence-corrected chi connectivity index (χ1v) is 8.87. The molecule has 0 bridgehead atoms. The minimum absolute atomic E-state index is 0.273. The maximum Gasteiger partial charge on any atom is 0.274 e. The summed E-state index contributed by atoms with van der Waals surface area (Å²) in [6, 6.07) is 20.9. The molecule has 0 saturated heterocycles. The summed E-state index contributed by atoms with van der Waals surface area (Å²) in [6.45, 7) is 0.940. The summed E-state index contributed by atoms with van der Waals surface area (Å²) >= 11 is 0. The van der Waals surface area contributed by atoms with Gasteiger partial charge in [0.25, 0.3) is 5.91 Å². The second-order valence-electron chi connectivity index (χ2n) is 6.43. The zero-order valence-corrected chi connectivity index (χ0v) is 14.7. The Morgan fingerprint density at radius 2 is 1.89 bits per heavy atom. The second kappa shape index (κ2) is 7.30. The lowest BCUT2D eigenvalue weighted by Gasteiger charge is -2.31. The molecule has 0 spiro atoms. The summed E-state index contributed by atoms with van der Waals surface area (Å²) in [5.74, 6) is -0.273. The number of benzene rings is 2. The van der Waals surface area contributed by atoms with Gasteiger partial charge >= 0.3 is 0 Å². The van der Waals surface area contributed by atoms with Crippen LogP contribution in [0.3, 0.4) is 0 Å². The molecule has 0 fully saturated rings. The molecule has 27 heavy (non-hydrogen) atoms. The molecular formula is C22H18N4O. The number of nitriles is 1. The first kappa shape index (κ1) is 16.8. The molecule has 2 aromatic carbocycles. The normalized spacial score (nSPS) is 12.8. The van der Waals surface area contributed by atoms with Crippen LogP contribution < -0.4 is 10.2 Å². The number of carbonyl (C=O) groups excluding carboxylic acids is 1. The maximum atomic E-state index is 12.4. The molecule has 132 valence electrons. The van der Waals surface area contributed by atoms with Crippen molar-refractivity contribution in [3.63, 3.8) is 0 Å². The Bertz CT molecular complexity index is 1000. The number of fused-ring (bicyclic) bond motifs is 1. The number of aryl methyl sites for hydroxylation is 1. The third-order valence-corrected chi connectivity index (χ3v) is 4.67. The van der Waals surface area contributed by atoms with Crippen LogP contribution in [0.5, 0.6) is 0 Å². The largest absolute Gasteiger partial charge is 0.340 e. The number of anilines is 3. The molecular weight excluding hydrogens is 336 g/mol. The average molecular weight is 354 g/mol. The van der Waals surface area contributed by atoms with Gasteiger partial charge in [-0.15, -0.1) is 0 Å². The highest BCUT2D eigenvalue weighted by atomic mass is 16.1. The van der Waals surface area contributed by atoms with Crippen LogP contribution in [0.15, 0.2) is 66.9 Å². The molecule has 5 nitrogen and oxygen atoms in total. The van der Waals surface area contributed by atoms with Gasteiger partial charge in [0.15, 0.2) is 0 Å². The molecule has 5 heteroatoms. The molecule has 4 rings (SSSR count). The van der Waals surface area contributed by atoms with Crippen molar-refractivity contribution in [1.29, 1.82) is 5.26 Å². The van der Waals surface area contributed by atoms with Crippen molar-refractivity contribution in [2.45, 2.75) is 12.8 Å². The van der Waals surface area contributed by atoms with E-state index in [9.17, 15) is 4.79 Å². The van der Waals surface area contributed by atoms with Gasteiger partial charge in [-0.05, 0) is 60.9 Å². The fourth-order valence-electron chi connectivity index (χ4n) is 3.31. The summed E-state index contributed by atoms with van der Waals surface area (Å²) < 4.78 is 0. The van der Waals surface area contributed by atoms with Crippen molar-refractivity contribution in [2.24, 2.45) is 0 Å². The van der Waals surface area contributed by atoms with E-state index in [4.69, 9.17) is 5.26 Å². The minimum atomic E-state index is -0.273. The number of aromatic nitrogens is 1. The van der Waals surface area contributed by atoms with Gasteiger partial charge in [0.1, 0.15) is 5.69 Å². The smallest absolute Gasteiger partial charge is 0.274 e. The van der Waals surface area contributed by atoms with Crippen LogP contribution >= 0.6 is 0 Å². The van der Waals surface area contributed by atoms with Gasteiger partial charge in [0, 0.05) is 17.9 Å². The SMILES string of the molecule is N#Cc1ccc(NC(=O)c2ccc(N3CCCc4ccccc43)cn2)cc1. The van der Waals surface area contributed by atoms with Crippen molar-refractivity contribution in [1.82, 2.24) is 4.98 Å². The Morgan fingerprint density at radius 3 is 2.63 bits per heavy atom. The molecule has 1 aliphatic heterocycles. The van der Waals surface area contributed by atoms with Gasteiger partial charge in [-0.2, -0.15) is 5.26 Å². The molecule has 0 saturated carbocycles. The third kappa shape index (κ3) is 3.51. The fourth-order valence-corrected chi connectivity index (χ4v) is 3.31. The third-order valence-electron chi connectivity index (χ3n) is 4.67. The highest BCUT2D eigenvalue weighted by molar-refractivity contribution is 6.03. The molecule has 0 atom stereocenters. The van der Waals surface area contributed by atoms with E-state index in [0.29, 0.717) is 16.9 Å². The summed E-state index contributed by atoms with van der Waals surface area (Å²) in [6.07, 6.45) is 3.93. The van der Waals surface area contributed by atoms with Crippen molar-refractivity contribution >= 4 is 23.0 Å². The number of rotatable bonds is 3. The van der Waals surface area contributed by atoms with Crippen molar-refractivity contribution < 1.29 is 4.79 Å². The molecule has 0 aliphatic carbocycles. The number of nitrogens with zero attached hydrogens (tertiary/aromatic N) is 3. The molecule has 1 amide bonds. The van der Waals surface area contributed by atoms with E-state index in [1.165, 1.54) is 11.3 Å². The number of para-hydroxylation sites is 1. The number of pyridine rings is 1. The zero-order valence-electron chi connectivity index (χ0n) is 14.7. The molecule has 1 aliphatic rings. The van der Waals surface area contributed by atoms with Crippen LogP contribution in [-0.4, -0.2) is 17.4 Å². The van der Waals surface area contributed by atoms with Crippen LogP contribution in [0.4, 0.5) is 17.1 Å². The minimum Gasteiger partial charge on any atom is -0.340 e. The molecule has 3 aromatic rings. The molecule has 0 radical (unpaired) electrons. The van der Waals surface area contributed by atoms with Gasteiger partial charge in [-0.3, -0.25) is 4.79 Å². The van der Waals surface area contributed by atoms with E-state index in [1.54, 1.807) is 36.5 Å². The Hall–Kier alpha value is -3.65. The van der Waals surface area contributed by atoms with Crippen LogP contribution in [0.2, 0.25) is 0 Å². The van der Waals surface area contributed by atoms with Crippen LogP contribution in [0, 0.1) is 11.3 Å². The van der Waals surface area contributed by atoms with Crippen molar-refractivity contribution in [3.8, 4) is 6.07 Å². The number of hydrogen-bond acceptors (Lipinski definition) is 4. The van der Waals surface area contributed by atoms with Gasteiger partial charge in [0.05, 0.1) is 23.5 Å². The van der Waals surface area contributed by atoms with E-state index >= 15 is 0 Å². The lowest BCUT2D eigenvalue weighted by atomic mass is 10.0. The zero-order chi connectivity index (χ0) is 18.6. The molecule has 2 heterocycles.